The highest BCUT2D eigenvalue weighted by molar-refractivity contribution is 5.89. The fourth-order valence-electron chi connectivity index (χ4n) is 1.62. The molecule has 0 fully saturated rings. The lowest BCUT2D eigenvalue weighted by atomic mass is 10.0. The van der Waals surface area contributed by atoms with Crippen LogP contribution in [0.1, 0.15) is 11.1 Å². The highest BCUT2D eigenvalue weighted by Crippen LogP contribution is 2.21. The van der Waals surface area contributed by atoms with Gasteiger partial charge < -0.3 is 0 Å². The molecule has 2 aromatic rings. The van der Waals surface area contributed by atoms with Gasteiger partial charge in [-0.25, -0.2) is 0 Å². The second-order valence-corrected chi connectivity index (χ2v) is 3.09. The van der Waals surface area contributed by atoms with Gasteiger partial charge in [-0.2, -0.15) is 0 Å². The Hall–Kier alpha value is -1.30. The van der Waals surface area contributed by atoms with Crippen LogP contribution in [-0.4, -0.2) is 0 Å². The van der Waals surface area contributed by atoms with Crippen molar-refractivity contribution in [3.63, 3.8) is 0 Å². The summed E-state index contributed by atoms with van der Waals surface area (Å²) in [5.74, 6) is 0. The Labute approximate surface area is 72.8 Å². The molecule has 1 radical (unpaired) electrons. The molecular weight excluding hydrogens is 144 g/mol. The van der Waals surface area contributed by atoms with Crippen LogP contribution < -0.4 is 0 Å². The standard InChI is InChI=1S/C12H11/c1-9-5-3-7-11-8-4-6-10(2)12(9)11/h3-8H,1H2,2H3. The molecular formula is C12H11. The Kier molecular flexibility index (Phi) is 1.61. The molecule has 0 amide bonds. The Balaban J connectivity index is 2.96. The van der Waals surface area contributed by atoms with Gasteiger partial charge in [0.1, 0.15) is 0 Å². The molecule has 0 aliphatic carbocycles. The van der Waals surface area contributed by atoms with E-state index in [1.165, 1.54) is 16.3 Å². The first-order valence-electron chi connectivity index (χ1n) is 4.09. The summed E-state index contributed by atoms with van der Waals surface area (Å²) >= 11 is 0. The molecule has 0 N–H and O–H groups in total. The van der Waals surface area contributed by atoms with Gasteiger partial charge in [0.15, 0.2) is 0 Å². The van der Waals surface area contributed by atoms with Crippen LogP contribution >= 0.6 is 0 Å². The number of fused-ring (bicyclic) bond motifs is 1. The molecule has 2 aromatic carbocycles. The summed E-state index contributed by atoms with van der Waals surface area (Å²) in [4.78, 5) is 0. The molecule has 0 nitrogen and oxygen atoms in total. The van der Waals surface area contributed by atoms with Gasteiger partial charge in [-0.15, -0.1) is 0 Å². The largest absolute Gasteiger partial charge is 0.0614 e. The molecule has 12 heavy (non-hydrogen) atoms. The third-order valence-corrected chi connectivity index (χ3v) is 2.20. The smallest absolute Gasteiger partial charge is 0.0123 e. The minimum Gasteiger partial charge on any atom is -0.0614 e. The summed E-state index contributed by atoms with van der Waals surface area (Å²) in [6.45, 7) is 6.13. The van der Waals surface area contributed by atoms with Gasteiger partial charge in [0.2, 0.25) is 0 Å². The van der Waals surface area contributed by atoms with Crippen LogP contribution in [0.15, 0.2) is 36.4 Å². The van der Waals surface area contributed by atoms with Crippen molar-refractivity contribution in [1.29, 1.82) is 0 Å². The zero-order valence-electron chi connectivity index (χ0n) is 7.17. The van der Waals surface area contributed by atoms with Crippen molar-refractivity contribution in [1.82, 2.24) is 0 Å². The van der Waals surface area contributed by atoms with E-state index >= 15 is 0 Å². The van der Waals surface area contributed by atoms with Crippen molar-refractivity contribution in [2.24, 2.45) is 0 Å². The Bertz CT molecular complexity index is 377. The van der Waals surface area contributed by atoms with Crippen LogP contribution in [-0.2, 0) is 0 Å². The molecule has 0 aromatic heterocycles. The second-order valence-electron chi connectivity index (χ2n) is 3.09. The first-order valence-corrected chi connectivity index (χ1v) is 4.09. The minimum atomic E-state index is 1.12. The van der Waals surface area contributed by atoms with E-state index in [2.05, 4.69) is 44.2 Å². The molecule has 0 heteroatoms. The van der Waals surface area contributed by atoms with Crippen molar-refractivity contribution < 1.29 is 0 Å². The van der Waals surface area contributed by atoms with E-state index in [0.29, 0.717) is 0 Å². The molecule has 0 saturated carbocycles. The van der Waals surface area contributed by atoms with Gasteiger partial charge in [0.05, 0.1) is 0 Å². The van der Waals surface area contributed by atoms with Crippen molar-refractivity contribution in [3.8, 4) is 0 Å². The lowest BCUT2D eigenvalue weighted by Gasteiger charge is -2.03. The van der Waals surface area contributed by atoms with Crippen LogP contribution in [0.2, 0.25) is 0 Å². The highest BCUT2D eigenvalue weighted by atomic mass is 14.0. The van der Waals surface area contributed by atoms with E-state index in [-0.39, 0.29) is 0 Å². The molecule has 59 valence electrons. The van der Waals surface area contributed by atoms with Crippen molar-refractivity contribution >= 4 is 10.8 Å². The summed E-state index contributed by atoms with van der Waals surface area (Å²) in [5.41, 5.74) is 2.42. The number of hydrogen-bond acceptors (Lipinski definition) is 0. The van der Waals surface area contributed by atoms with E-state index < -0.39 is 0 Å². The van der Waals surface area contributed by atoms with Crippen LogP contribution in [0.3, 0.4) is 0 Å². The first-order chi connectivity index (χ1) is 5.79. The summed E-state index contributed by atoms with van der Waals surface area (Å²) < 4.78 is 0. The fraction of sp³-hybridized carbons (Fsp3) is 0.0833. The normalized spacial score (nSPS) is 10.5. The molecule has 0 saturated heterocycles. The fourth-order valence-corrected chi connectivity index (χ4v) is 1.62. The third-order valence-electron chi connectivity index (χ3n) is 2.20. The van der Waals surface area contributed by atoms with E-state index in [1.807, 2.05) is 6.07 Å². The first kappa shape index (κ1) is 7.35. The minimum absolute atomic E-state index is 1.12. The summed E-state index contributed by atoms with van der Waals surface area (Å²) in [7, 11) is 0. The lowest BCUT2D eigenvalue weighted by molar-refractivity contribution is 1.51. The number of hydrogen-bond donors (Lipinski definition) is 0. The van der Waals surface area contributed by atoms with E-state index in [1.54, 1.807) is 0 Å². The number of aryl methyl sites for hydroxylation is 1. The van der Waals surface area contributed by atoms with Gasteiger partial charge in [0, 0.05) is 0 Å². The van der Waals surface area contributed by atoms with E-state index in [0.717, 1.165) is 5.56 Å². The number of benzene rings is 2. The van der Waals surface area contributed by atoms with Gasteiger partial charge >= 0.3 is 0 Å². The van der Waals surface area contributed by atoms with Crippen molar-refractivity contribution in [2.45, 2.75) is 6.92 Å². The maximum absolute atomic E-state index is 4.01. The molecule has 0 heterocycles. The Morgan fingerprint density at radius 2 is 1.67 bits per heavy atom. The molecule has 0 spiro atoms. The van der Waals surface area contributed by atoms with E-state index in [9.17, 15) is 0 Å². The Morgan fingerprint density at radius 3 is 2.33 bits per heavy atom. The molecule has 0 unspecified atom stereocenters. The molecule has 0 atom stereocenters. The average Bonchev–Trinajstić information content (AvgIpc) is 2.04. The zero-order valence-corrected chi connectivity index (χ0v) is 7.17. The van der Waals surface area contributed by atoms with Gasteiger partial charge in [-0.3, -0.25) is 0 Å². The monoisotopic (exact) mass is 155 g/mol. The number of rotatable bonds is 0. The summed E-state index contributed by atoms with van der Waals surface area (Å²) in [6.07, 6.45) is 0. The lowest BCUT2D eigenvalue weighted by Crippen LogP contribution is -1.81. The van der Waals surface area contributed by atoms with Gasteiger partial charge in [-0.05, 0) is 35.7 Å². The maximum Gasteiger partial charge on any atom is -0.0123 e. The predicted molar refractivity (Wildman–Crippen MR) is 53.1 cm³/mol. The van der Waals surface area contributed by atoms with Crippen LogP contribution in [0, 0.1) is 13.8 Å². The molecule has 0 aliphatic rings. The van der Waals surface area contributed by atoms with Crippen LogP contribution in [0.4, 0.5) is 0 Å². The molecule has 0 bridgehead atoms. The van der Waals surface area contributed by atoms with Crippen molar-refractivity contribution in [3.05, 3.63) is 54.4 Å². The van der Waals surface area contributed by atoms with Crippen LogP contribution in [0.25, 0.3) is 10.8 Å². The summed E-state index contributed by atoms with van der Waals surface area (Å²) in [6, 6.07) is 12.5. The SMILES string of the molecule is [CH2]c1cccc2cccc(C)c12. The topological polar surface area (TPSA) is 0 Å². The highest BCUT2D eigenvalue weighted by Gasteiger charge is 1.97. The predicted octanol–water partition coefficient (Wildman–Crippen LogP) is 3.33. The molecule has 0 aliphatic heterocycles. The van der Waals surface area contributed by atoms with Gasteiger partial charge in [-0.1, -0.05) is 36.4 Å². The molecule has 2 rings (SSSR count). The summed E-state index contributed by atoms with van der Waals surface area (Å²) in [5, 5.41) is 2.57. The third kappa shape index (κ3) is 1.00. The van der Waals surface area contributed by atoms with E-state index in [4.69, 9.17) is 0 Å². The Morgan fingerprint density at radius 1 is 1.00 bits per heavy atom. The average molecular weight is 155 g/mol. The zero-order chi connectivity index (χ0) is 8.55. The van der Waals surface area contributed by atoms with Crippen LogP contribution in [0.5, 0.6) is 0 Å². The maximum atomic E-state index is 4.01. The second kappa shape index (κ2) is 2.63. The van der Waals surface area contributed by atoms with Gasteiger partial charge in [0.25, 0.3) is 0 Å². The quantitative estimate of drug-likeness (QED) is 0.547. The van der Waals surface area contributed by atoms with Crippen molar-refractivity contribution in [2.75, 3.05) is 0 Å².